The molecule has 0 atom stereocenters. The first-order valence-corrected chi connectivity index (χ1v) is 9.19. The minimum Gasteiger partial charge on any atom is -0.310 e. The largest absolute Gasteiger partial charge is 0.435 e. The summed E-state index contributed by atoms with van der Waals surface area (Å²) in [6.07, 6.45) is 2.02. The SMILES string of the molecule is FC(F)(F)c1ccn(-c2ccc(CNC3CCN(C4CC4)CC3)cc2)n1. The van der Waals surface area contributed by atoms with Crippen LogP contribution in [0.15, 0.2) is 36.5 Å². The standard InChI is InChI=1S/C19H23F3N4/c20-19(21,22)18-9-12-26(24-18)17-3-1-14(2-4-17)13-23-15-7-10-25(11-8-15)16-5-6-16/h1-4,9,12,15-16,23H,5-8,10-11,13H2. The van der Waals surface area contributed by atoms with E-state index in [0.717, 1.165) is 24.2 Å². The Hall–Kier alpha value is -1.86. The van der Waals surface area contributed by atoms with Gasteiger partial charge in [-0.05, 0) is 62.5 Å². The fourth-order valence-electron chi connectivity index (χ4n) is 3.56. The quantitative estimate of drug-likeness (QED) is 0.880. The van der Waals surface area contributed by atoms with Crippen molar-refractivity contribution in [2.75, 3.05) is 13.1 Å². The van der Waals surface area contributed by atoms with Crippen LogP contribution >= 0.6 is 0 Å². The van der Waals surface area contributed by atoms with Crippen molar-refractivity contribution in [3.8, 4) is 5.69 Å². The van der Waals surface area contributed by atoms with Crippen molar-refractivity contribution < 1.29 is 13.2 Å². The van der Waals surface area contributed by atoms with E-state index in [9.17, 15) is 13.2 Å². The topological polar surface area (TPSA) is 33.1 Å². The molecule has 2 aliphatic rings. The van der Waals surface area contributed by atoms with Crippen LogP contribution < -0.4 is 5.32 Å². The van der Waals surface area contributed by atoms with Gasteiger partial charge in [0.05, 0.1) is 5.69 Å². The number of aromatic nitrogens is 2. The number of alkyl halides is 3. The number of hydrogen-bond donors (Lipinski definition) is 1. The Morgan fingerprint density at radius 1 is 1.00 bits per heavy atom. The Morgan fingerprint density at radius 2 is 1.69 bits per heavy atom. The monoisotopic (exact) mass is 364 g/mol. The van der Waals surface area contributed by atoms with Gasteiger partial charge in [0.2, 0.25) is 0 Å². The lowest BCUT2D eigenvalue weighted by molar-refractivity contribution is -0.141. The zero-order valence-corrected chi connectivity index (χ0v) is 14.5. The Bertz CT molecular complexity index is 726. The lowest BCUT2D eigenvalue weighted by Gasteiger charge is -2.32. The molecule has 1 aliphatic heterocycles. The Morgan fingerprint density at radius 3 is 2.27 bits per heavy atom. The lowest BCUT2D eigenvalue weighted by Crippen LogP contribution is -2.43. The second-order valence-corrected chi connectivity index (χ2v) is 7.23. The molecule has 4 nitrogen and oxygen atoms in total. The van der Waals surface area contributed by atoms with Crippen molar-refractivity contribution in [3.05, 3.63) is 47.8 Å². The van der Waals surface area contributed by atoms with Crippen molar-refractivity contribution in [2.24, 2.45) is 0 Å². The van der Waals surface area contributed by atoms with Crippen molar-refractivity contribution >= 4 is 0 Å². The van der Waals surface area contributed by atoms with Crippen LogP contribution in [0.2, 0.25) is 0 Å². The van der Waals surface area contributed by atoms with Crippen molar-refractivity contribution in [3.63, 3.8) is 0 Å². The normalized spacial score (nSPS) is 19.8. The van der Waals surface area contributed by atoms with Crippen LogP contribution in [0.5, 0.6) is 0 Å². The Balaban J connectivity index is 1.30. The summed E-state index contributed by atoms with van der Waals surface area (Å²) in [6, 6.07) is 9.88. The van der Waals surface area contributed by atoms with Gasteiger partial charge in [0.15, 0.2) is 5.69 Å². The molecule has 0 radical (unpaired) electrons. The van der Waals surface area contributed by atoms with Gasteiger partial charge in [-0.15, -0.1) is 0 Å². The van der Waals surface area contributed by atoms with Gasteiger partial charge in [-0.3, -0.25) is 0 Å². The summed E-state index contributed by atoms with van der Waals surface area (Å²) in [5.41, 5.74) is 0.879. The van der Waals surface area contributed by atoms with Gasteiger partial charge in [0.1, 0.15) is 0 Å². The second kappa shape index (κ2) is 7.04. The van der Waals surface area contributed by atoms with Crippen molar-refractivity contribution in [1.29, 1.82) is 0 Å². The van der Waals surface area contributed by atoms with Crippen LogP contribution in [0.3, 0.4) is 0 Å². The minimum absolute atomic E-state index is 0.546. The number of rotatable bonds is 5. The highest BCUT2D eigenvalue weighted by atomic mass is 19.4. The summed E-state index contributed by atoms with van der Waals surface area (Å²) in [4.78, 5) is 2.60. The molecule has 7 heteroatoms. The van der Waals surface area contributed by atoms with Crippen molar-refractivity contribution in [1.82, 2.24) is 20.0 Å². The summed E-state index contributed by atoms with van der Waals surface area (Å²) >= 11 is 0. The molecule has 0 bridgehead atoms. The molecule has 2 fully saturated rings. The van der Waals surface area contributed by atoms with Crippen molar-refractivity contribution in [2.45, 2.75) is 50.5 Å². The fourth-order valence-corrected chi connectivity index (χ4v) is 3.56. The summed E-state index contributed by atoms with van der Waals surface area (Å²) in [5.74, 6) is 0. The molecular weight excluding hydrogens is 341 g/mol. The Kier molecular flexibility index (Phi) is 4.75. The zero-order chi connectivity index (χ0) is 18.1. The average molecular weight is 364 g/mol. The highest BCUT2D eigenvalue weighted by molar-refractivity contribution is 5.34. The van der Waals surface area contributed by atoms with Gasteiger partial charge in [0.25, 0.3) is 0 Å². The molecule has 1 saturated carbocycles. The van der Waals surface area contributed by atoms with E-state index in [1.165, 1.54) is 49.7 Å². The molecule has 0 amide bonds. The highest BCUT2D eigenvalue weighted by Gasteiger charge is 2.33. The van der Waals surface area contributed by atoms with Crippen LogP contribution in [-0.4, -0.2) is 39.9 Å². The lowest BCUT2D eigenvalue weighted by atomic mass is 10.0. The third-order valence-corrected chi connectivity index (χ3v) is 5.27. The van der Waals surface area contributed by atoms with E-state index >= 15 is 0 Å². The van der Waals surface area contributed by atoms with Gasteiger partial charge in [-0.1, -0.05) is 12.1 Å². The van der Waals surface area contributed by atoms with Crippen LogP contribution in [0, 0.1) is 0 Å². The first-order valence-electron chi connectivity index (χ1n) is 9.19. The van der Waals surface area contributed by atoms with Gasteiger partial charge < -0.3 is 10.2 Å². The van der Waals surface area contributed by atoms with Gasteiger partial charge in [-0.2, -0.15) is 18.3 Å². The number of nitrogens with zero attached hydrogens (tertiary/aromatic N) is 3. The molecule has 26 heavy (non-hydrogen) atoms. The second-order valence-electron chi connectivity index (χ2n) is 7.23. The minimum atomic E-state index is -4.41. The zero-order valence-electron chi connectivity index (χ0n) is 14.5. The molecule has 0 unspecified atom stereocenters. The summed E-state index contributed by atoms with van der Waals surface area (Å²) < 4.78 is 39.2. The highest BCUT2D eigenvalue weighted by Crippen LogP contribution is 2.29. The molecule has 1 N–H and O–H groups in total. The molecule has 1 aliphatic carbocycles. The van der Waals surface area contributed by atoms with Gasteiger partial charge in [-0.25, -0.2) is 4.68 Å². The maximum atomic E-state index is 12.6. The summed E-state index contributed by atoms with van der Waals surface area (Å²) in [6.45, 7) is 3.14. The molecule has 2 heterocycles. The first-order chi connectivity index (χ1) is 12.5. The molecule has 1 saturated heterocycles. The van der Waals surface area contributed by atoms with E-state index in [1.807, 2.05) is 12.1 Å². The predicted molar refractivity (Wildman–Crippen MR) is 93.0 cm³/mol. The third-order valence-electron chi connectivity index (χ3n) is 5.27. The molecule has 0 spiro atoms. The Labute approximate surface area is 151 Å². The number of benzene rings is 1. The van der Waals surface area contributed by atoms with E-state index in [4.69, 9.17) is 0 Å². The van der Waals surface area contributed by atoms with Crippen LogP contribution in [0.4, 0.5) is 13.2 Å². The van der Waals surface area contributed by atoms with E-state index in [0.29, 0.717) is 11.7 Å². The van der Waals surface area contributed by atoms with Gasteiger partial charge in [0, 0.05) is 24.8 Å². The molecule has 4 rings (SSSR count). The number of piperidine rings is 1. The van der Waals surface area contributed by atoms with E-state index < -0.39 is 11.9 Å². The number of nitrogens with one attached hydrogen (secondary N) is 1. The molecular formula is C19H23F3N4. The number of halogens is 3. The van der Waals surface area contributed by atoms with E-state index in [2.05, 4.69) is 15.3 Å². The number of likely N-dealkylation sites (tertiary alicyclic amines) is 1. The maximum Gasteiger partial charge on any atom is 0.435 e. The van der Waals surface area contributed by atoms with Crippen LogP contribution in [0.1, 0.15) is 36.9 Å². The van der Waals surface area contributed by atoms with Gasteiger partial charge >= 0.3 is 6.18 Å². The molecule has 1 aromatic heterocycles. The van der Waals surface area contributed by atoms with Crippen LogP contribution in [-0.2, 0) is 12.7 Å². The maximum absolute atomic E-state index is 12.6. The average Bonchev–Trinajstić information content (AvgIpc) is 3.35. The third kappa shape index (κ3) is 4.10. The predicted octanol–water partition coefficient (Wildman–Crippen LogP) is 3.61. The first kappa shape index (κ1) is 17.5. The number of hydrogen-bond acceptors (Lipinski definition) is 3. The van der Waals surface area contributed by atoms with E-state index in [-0.39, 0.29) is 0 Å². The summed E-state index contributed by atoms with van der Waals surface area (Å²) in [5, 5.41) is 7.20. The van der Waals surface area contributed by atoms with Crippen LogP contribution in [0.25, 0.3) is 5.69 Å². The molecule has 140 valence electrons. The molecule has 2 aromatic rings. The van der Waals surface area contributed by atoms with E-state index in [1.54, 1.807) is 12.1 Å². The molecule has 1 aromatic carbocycles. The fraction of sp³-hybridized carbons (Fsp3) is 0.526. The smallest absolute Gasteiger partial charge is 0.310 e. The summed E-state index contributed by atoms with van der Waals surface area (Å²) in [7, 11) is 0.